The van der Waals surface area contributed by atoms with Crippen LogP contribution in [0.2, 0.25) is 0 Å². The lowest BCUT2D eigenvalue weighted by molar-refractivity contribution is 0.884. The minimum absolute atomic E-state index is 0.883. The second-order valence-corrected chi connectivity index (χ2v) is 9.24. The van der Waals surface area contributed by atoms with E-state index in [9.17, 15) is 0 Å². The molecule has 0 fully saturated rings. The third kappa shape index (κ3) is 5.40. The largest absolute Gasteiger partial charge is 0.240 e. The fraction of sp³-hybridized carbons (Fsp3) is 0.0588. The molecule has 6 rings (SSSR count). The zero-order valence-corrected chi connectivity index (χ0v) is 21.1. The maximum Gasteiger partial charge on any atom is 0.0927 e. The highest BCUT2D eigenvalue weighted by atomic mass is 15.3. The van der Waals surface area contributed by atoms with Crippen LogP contribution in [-0.2, 0) is 12.8 Å². The van der Waals surface area contributed by atoms with Crippen LogP contribution < -0.4 is 0 Å². The van der Waals surface area contributed by atoms with E-state index in [1.807, 2.05) is 58.2 Å². The molecule has 4 heteroatoms. The topological polar surface area (TPSA) is 35.6 Å². The minimum Gasteiger partial charge on any atom is -0.240 e. The van der Waals surface area contributed by atoms with Crippen LogP contribution >= 0.6 is 0 Å². The smallest absolute Gasteiger partial charge is 0.0927 e. The van der Waals surface area contributed by atoms with E-state index < -0.39 is 0 Å². The third-order valence-corrected chi connectivity index (χ3v) is 6.54. The Labute approximate surface area is 223 Å². The van der Waals surface area contributed by atoms with E-state index in [4.69, 9.17) is 10.2 Å². The Bertz CT molecular complexity index is 1530. The van der Waals surface area contributed by atoms with E-state index in [-0.39, 0.29) is 0 Å². The molecule has 0 radical (unpaired) electrons. The molecule has 0 aliphatic carbocycles. The van der Waals surface area contributed by atoms with Crippen molar-refractivity contribution >= 4 is 0 Å². The Hall–Kier alpha value is -4.96. The zero-order valence-electron chi connectivity index (χ0n) is 21.1. The van der Waals surface area contributed by atoms with Crippen molar-refractivity contribution in [1.29, 1.82) is 0 Å². The fourth-order valence-electron chi connectivity index (χ4n) is 4.56. The molecule has 0 bridgehead atoms. The maximum atomic E-state index is 4.77. The monoisotopic (exact) mass is 492 g/mol. The zero-order chi connectivity index (χ0) is 25.6. The summed E-state index contributed by atoms with van der Waals surface area (Å²) in [5.41, 5.74) is 8.89. The number of hydrogen-bond donors (Lipinski definition) is 0. The summed E-state index contributed by atoms with van der Waals surface area (Å²) in [5, 5.41) is 9.54. The molecule has 0 N–H and O–H groups in total. The predicted molar refractivity (Wildman–Crippen MR) is 155 cm³/mol. The second-order valence-electron chi connectivity index (χ2n) is 9.24. The van der Waals surface area contributed by atoms with E-state index in [2.05, 4.69) is 97.1 Å². The predicted octanol–water partition coefficient (Wildman–Crippen LogP) is 7.73. The normalized spacial score (nSPS) is 11.3. The maximum absolute atomic E-state index is 4.77. The molecule has 4 aromatic carbocycles. The molecule has 0 saturated heterocycles. The van der Waals surface area contributed by atoms with Gasteiger partial charge in [0, 0.05) is 23.5 Å². The summed E-state index contributed by atoms with van der Waals surface area (Å²) >= 11 is 0. The Morgan fingerprint density at radius 3 is 1.37 bits per heavy atom. The van der Waals surface area contributed by atoms with Crippen LogP contribution in [-0.4, -0.2) is 19.6 Å². The van der Waals surface area contributed by atoms with Crippen molar-refractivity contribution in [3.8, 4) is 33.9 Å². The molecule has 0 unspecified atom stereocenters. The van der Waals surface area contributed by atoms with Gasteiger partial charge in [0.15, 0.2) is 0 Å². The summed E-state index contributed by atoms with van der Waals surface area (Å²) in [6.07, 6.45) is 10.3. The third-order valence-electron chi connectivity index (χ3n) is 6.54. The van der Waals surface area contributed by atoms with Crippen LogP contribution in [0.15, 0.2) is 146 Å². The SMILES string of the molecule is C(=C/Cc1cccc(-c2ccn(-c3ccccc3)n2)c1)/Cc1cccc(-c2ccn(-c3ccccc3)n2)c1. The molecule has 6 aromatic rings. The van der Waals surface area contributed by atoms with Gasteiger partial charge < -0.3 is 0 Å². The molecule has 2 heterocycles. The van der Waals surface area contributed by atoms with E-state index in [0.717, 1.165) is 46.7 Å². The highest BCUT2D eigenvalue weighted by Crippen LogP contribution is 2.22. The Morgan fingerprint density at radius 1 is 0.474 bits per heavy atom. The van der Waals surface area contributed by atoms with Gasteiger partial charge in [0.2, 0.25) is 0 Å². The summed E-state index contributed by atoms with van der Waals surface area (Å²) in [6.45, 7) is 0. The Balaban J connectivity index is 1.10. The van der Waals surface area contributed by atoms with Crippen LogP contribution in [0.4, 0.5) is 0 Å². The van der Waals surface area contributed by atoms with Gasteiger partial charge in [-0.25, -0.2) is 9.36 Å². The van der Waals surface area contributed by atoms with E-state index >= 15 is 0 Å². The lowest BCUT2D eigenvalue weighted by atomic mass is 10.0. The van der Waals surface area contributed by atoms with Crippen LogP contribution in [0.3, 0.4) is 0 Å². The van der Waals surface area contributed by atoms with Crippen molar-refractivity contribution in [1.82, 2.24) is 19.6 Å². The first kappa shape index (κ1) is 23.4. The van der Waals surface area contributed by atoms with Gasteiger partial charge in [0.1, 0.15) is 0 Å². The number of para-hydroxylation sites is 2. The summed E-state index contributed by atoms with van der Waals surface area (Å²) in [7, 11) is 0. The summed E-state index contributed by atoms with van der Waals surface area (Å²) in [5.74, 6) is 0. The quantitative estimate of drug-likeness (QED) is 0.204. The number of aromatic nitrogens is 4. The number of benzene rings is 4. The van der Waals surface area contributed by atoms with Crippen molar-refractivity contribution < 1.29 is 0 Å². The molecular formula is C34H28N4. The van der Waals surface area contributed by atoms with Gasteiger partial charge >= 0.3 is 0 Å². The van der Waals surface area contributed by atoms with Gasteiger partial charge in [-0.2, -0.15) is 10.2 Å². The molecule has 4 nitrogen and oxygen atoms in total. The molecule has 0 atom stereocenters. The molecule has 0 aliphatic rings. The van der Waals surface area contributed by atoms with E-state index in [1.54, 1.807) is 0 Å². The fourth-order valence-corrected chi connectivity index (χ4v) is 4.56. The average Bonchev–Trinajstić information content (AvgIpc) is 3.68. The molecule has 2 aromatic heterocycles. The van der Waals surface area contributed by atoms with Crippen LogP contribution in [0.25, 0.3) is 33.9 Å². The highest BCUT2D eigenvalue weighted by molar-refractivity contribution is 5.61. The first-order chi connectivity index (χ1) is 18.8. The second kappa shape index (κ2) is 11.0. The number of hydrogen-bond acceptors (Lipinski definition) is 2. The lowest BCUT2D eigenvalue weighted by Crippen LogP contribution is -1.94. The van der Waals surface area contributed by atoms with Crippen molar-refractivity contribution in [3.05, 3.63) is 157 Å². The van der Waals surface area contributed by atoms with Gasteiger partial charge in [-0.05, 0) is 72.5 Å². The minimum atomic E-state index is 0.883. The lowest BCUT2D eigenvalue weighted by Gasteiger charge is -2.03. The standard InChI is InChI=1S/C34H28N4/c1-3-17-31(18-4-1)37-23-21-33(35-37)29-15-9-13-27(25-29)11-7-8-12-28-14-10-16-30(26-28)34-22-24-38(36-34)32-19-5-2-6-20-32/h1-10,13-26H,11-12H2/b8-7-. The molecule has 0 aliphatic heterocycles. The molecule has 0 amide bonds. The van der Waals surface area contributed by atoms with Crippen molar-refractivity contribution in [3.63, 3.8) is 0 Å². The summed E-state index contributed by atoms with van der Waals surface area (Å²) < 4.78 is 3.84. The molecule has 0 spiro atoms. The molecule has 184 valence electrons. The van der Waals surface area contributed by atoms with E-state index in [0.29, 0.717) is 0 Å². The number of nitrogens with zero attached hydrogens (tertiary/aromatic N) is 4. The van der Waals surface area contributed by atoms with Gasteiger partial charge in [-0.15, -0.1) is 0 Å². The van der Waals surface area contributed by atoms with Crippen LogP contribution in [0.1, 0.15) is 11.1 Å². The molecule has 38 heavy (non-hydrogen) atoms. The van der Waals surface area contributed by atoms with Crippen LogP contribution in [0.5, 0.6) is 0 Å². The summed E-state index contributed by atoms with van der Waals surface area (Å²) in [4.78, 5) is 0. The Morgan fingerprint density at radius 2 is 0.921 bits per heavy atom. The van der Waals surface area contributed by atoms with Crippen LogP contribution in [0, 0.1) is 0 Å². The first-order valence-electron chi connectivity index (χ1n) is 12.9. The number of allylic oxidation sites excluding steroid dienone is 2. The van der Waals surface area contributed by atoms with Gasteiger partial charge in [0.25, 0.3) is 0 Å². The van der Waals surface area contributed by atoms with Gasteiger partial charge in [-0.3, -0.25) is 0 Å². The average molecular weight is 493 g/mol. The molecular weight excluding hydrogens is 464 g/mol. The van der Waals surface area contributed by atoms with Gasteiger partial charge in [0.05, 0.1) is 22.8 Å². The summed E-state index contributed by atoms with van der Waals surface area (Å²) in [6, 6.07) is 41.8. The van der Waals surface area contributed by atoms with Crippen molar-refractivity contribution in [2.24, 2.45) is 0 Å². The highest BCUT2D eigenvalue weighted by Gasteiger charge is 2.06. The van der Waals surface area contributed by atoms with Gasteiger partial charge in [-0.1, -0.05) is 84.9 Å². The molecule has 0 saturated carbocycles. The van der Waals surface area contributed by atoms with Crippen molar-refractivity contribution in [2.75, 3.05) is 0 Å². The number of rotatable bonds is 8. The van der Waals surface area contributed by atoms with E-state index in [1.165, 1.54) is 11.1 Å². The Kier molecular flexibility index (Phi) is 6.77. The van der Waals surface area contributed by atoms with Crippen molar-refractivity contribution in [2.45, 2.75) is 12.8 Å². The first-order valence-corrected chi connectivity index (χ1v) is 12.9.